The van der Waals surface area contributed by atoms with E-state index in [2.05, 4.69) is 0 Å². The van der Waals surface area contributed by atoms with Crippen molar-refractivity contribution in [2.75, 3.05) is 0 Å². The number of benzene rings is 1. The topological polar surface area (TPSA) is 37.3 Å². The van der Waals surface area contributed by atoms with Crippen molar-refractivity contribution in [2.24, 2.45) is 0 Å². The Morgan fingerprint density at radius 2 is 2.29 bits per heavy atom. The van der Waals surface area contributed by atoms with E-state index in [4.69, 9.17) is 0 Å². The van der Waals surface area contributed by atoms with Crippen LogP contribution in [0.1, 0.15) is 22.2 Å². The molecule has 1 aromatic heterocycles. The van der Waals surface area contributed by atoms with Crippen LogP contribution >= 0.6 is 11.3 Å². The summed E-state index contributed by atoms with van der Waals surface area (Å²) in [6.45, 7) is 2.03. The zero-order valence-corrected chi connectivity index (χ0v) is 8.60. The molecule has 0 saturated carbocycles. The van der Waals surface area contributed by atoms with Crippen LogP contribution in [-0.4, -0.2) is 11.4 Å². The number of aldehydes is 1. The number of aromatic hydroxyl groups is 1. The van der Waals surface area contributed by atoms with Crippen LogP contribution in [-0.2, 0) is 6.42 Å². The van der Waals surface area contributed by atoms with Gasteiger partial charge >= 0.3 is 0 Å². The summed E-state index contributed by atoms with van der Waals surface area (Å²) < 4.78 is 0.976. The molecule has 0 aliphatic heterocycles. The molecule has 3 heteroatoms. The third-order valence-electron chi connectivity index (χ3n) is 2.23. The van der Waals surface area contributed by atoms with E-state index in [1.807, 2.05) is 6.92 Å². The molecule has 0 fully saturated rings. The van der Waals surface area contributed by atoms with E-state index < -0.39 is 0 Å². The first-order valence-electron chi connectivity index (χ1n) is 4.45. The van der Waals surface area contributed by atoms with Crippen LogP contribution in [0.5, 0.6) is 5.75 Å². The number of phenolic OH excluding ortho intramolecular Hbond substituents is 1. The molecular formula is C11H10O2S. The second-order valence-corrected chi connectivity index (χ2v) is 4.23. The van der Waals surface area contributed by atoms with Crippen molar-refractivity contribution in [1.29, 1.82) is 0 Å². The number of aryl methyl sites for hydroxylation is 1. The van der Waals surface area contributed by atoms with Crippen molar-refractivity contribution in [3.8, 4) is 5.75 Å². The number of phenols is 1. The monoisotopic (exact) mass is 206 g/mol. The van der Waals surface area contributed by atoms with Crippen molar-refractivity contribution in [3.05, 3.63) is 28.6 Å². The second kappa shape index (κ2) is 3.42. The lowest BCUT2D eigenvalue weighted by atomic mass is 10.1. The molecule has 1 aromatic carbocycles. The molecule has 0 atom stereocenters. The Kier molecular flexibility index (Phi) is 2.25. The number of carbonyl (C=O) groups is 1. The van der Waals surface area contributed by atoms with Gasteiger partial charge in [-0.25, -0.2) is 0 Å². The average molecular weight is 206 g/mol. The summed E-state index contributed by atoms with van der Waals surface area (Å²) in [4.78, 5) is 12.0. The van der Waals surface area contributed by atoms with Crippen molar-refractivity contribution >= 4 is 27.7 Å². The normalized spacial score (nSPS) is 10.6. The van der Waals surface area contributed by atoms with Crippen LogP contribution in [0.15, 0.2) is 18.2 Å². The maximum absolute atomic E-state index is 10.9. The van der Waals surface area contributed by atoms with E-state index in [9.17, 15) is 9.90 Å². The van der Waals surface area contributed by atoms with Crippen LogP contribution in [0.2, 0.25) is 0 Å². The second-order valence-electron chi connectivity index (χ2n) is 3.09. The molecule has 0 amide bonds. The molecule has 0 aliphatic rings. The molecule has 1 heterocycles. The number of rotatable bonds is 2. The fourth-order valence-corrected chi connectivity index (χ4v) is 2.69. The fourth-order valence-electron chi connectivity index (χ4n) is 1.55. The number of fused-ring (bicyclic) bond motifs is 1. The zero-order valence-electron chi connectivity index (χ0n) is 7.78. The first-order chi connectivity index (χ1) is 6.76. The summed E-state index contributed by atoms with van der Waals surface area (Å²) in [5.74, 6) is 0.249. The number of carbonyl (C=O) groups excluding carboxylic acids is 1. The Morgan fingerprint density at radius 3 is 2.93 bits per heavy atom. The van der Waals surface area contributed by atoms with Gasteiger partial charge in [0.15, 0.2) is 6.29 Å². The Hall–Kier alpha value is -1.35. The summed E-state index contributed by atoms with van der Waals surface area (Å²) in [5.41, 5.74) is 0.771. The largest absolute Gasteiger partial charge is 0.508 e. The van der Waals surface area contributed by atoms with Gasteiger partial charge < -0.3 is 5.11 Å². The van der Waals surface area contributed by atoms with E-state index in [1.54, 1.807) is 29.5 Å². The molecule has 0 spiro atoms. The van der Waals surface area contributed by atoms with Crippen LogP contribution in [0.4, 0.5) is 0 Å². The first-order valence-corrected chi connectivity index (χ1v) is 5.27. The average Bonchev–Trinajstić information content (AvgIpc) is 2.54. The molecule has 2 rings (SSSR count). The lowest BCUT2D eigenvalue weighted by Crippen LogP contribution is -1.82. The molecule has 0 bridgehead atoms. The fraction of sp³-hybridized carbons (Fsp3) is 0.182. The number of hydrogen-bond donors (Lipinski definition) is 1. The zero-order chi connectivity index (χ0) is 10.1. The SMILES string of the molecule is CCc1sc2cc(O)ccc2c1C=O. The van der Waals surface area contributed by atoms with E-state index in [0.29, 0.717) is 0 Å². The summed E-state index contributed by atoms with van der Waals surface area (Å²) in [6, 6.07) is 5.11. The van der Waals surface area contributed by atoms with E-state index in [-0.39, 0.29) is 5.75 Å². The van der Waals surface area contributed by atoms with Crippen molar-refractivity contribution in [1.82, 2.24) is 0 Å². The molecule has 0 aliphatic carbocycles. The number of thiophene rings is 1. The van der Waals surface area contributed by atoms with Gasteiger partial charge in [-0.2, -0.15) is 0 Å². The Labute approximate surface area is 85.8 Å². The smallest absolute Gasteiger partial charge is 0.151 e. The van der Waals surface area contributed by atoms with Crippen molar-refractivity contribution < 1.29 is 9.90 Å². The van der Waals surface area contributed by atoms with Gasteiger partial charge in [-0.05, 0) is 24.6 Å². The molecule has 0 saturated heterocycles. The summed E-state index contributed by atoms with van der Waals surface area (Å²) in [6.07, 6.45) is 1.75. The maximum atomic E-state index is 10.9. The lowest BCUT2D eigenvalue weighted by Gasteiger charge is -1.92. The van der Waals surface area contributed by atoms with Gasteiger partial charge in [0.25, 0.3) is 0 Å². The van der Waals surface area contributed by atoms with Gasteiger partial charge in [0, 0.05) is 20.5 Å². The number of hydrogen-bond acceptors (Lipinski definition) is 3. The minimum atomic E-state index is 0.249. The molecule has 0 radical (unpaired) electrons. The molecule has 1 N–H and O–H groups in total. The third kappa shape index (κ3) is 1.30. The quantitative estimate of drug-likeness (QED) is 0.767. The molecule has 14 heavy (non-hydrogen) atoms. The highest BCUT2D eigenvalue weighted by Gasteiger charge is 2.09. The van der Waals surface area contributed by atoms with Gasteiger partial charge in [-0.3, -0.25) is 4.79 Å². The highest BCUT2D eigenvalue weighted by atomic mass is 32.1. The lowest BCUT2D eigenvalue weighted by molar-refractivity contribution is 0.112. The minimum absolute atomic E-state index is 0.249. The van der Waals surface area contributed by atoms with E-state index >= 15 is 0 Å². The predicted molar refractivity (Wildman–Crippen MR) is 58.3 cm³/mol. The molecular weight excluding hydrogens is 196 g/mol. The van der Waals surface area contributed by atoms with Gasteiger partial charge in [0.1, 0.15) is 5.75 Å². The Balaban J connectivity index is 2.79. The van der Waals surface area contributed by atoms with Gasteiger partial charge in [0.05, 0.1) is 0 Å². The molecule has 2 aromatic rings. The van der Waals surface area contributed by atoms with Crippen LogP contribution in [0, 0.1) is 0 Å². The molecule has 2 nitrogen and oxygen atoms in total. The molecule has 72 valence electrons. The van der Waals surface area contributed by atoms with E-state index in [0.717, 1.165) is 33.2 Å². The highest BCUT2D eigenvalue weighted by Crippen LogP contribution is 2.32. The predicted octanol–water partition coefficient (Wildman–Crippen LogP) is 2.98. The summed E-state index contributed by atoms with van der Waals surface area (Å²) in [5, 5.41) is 10.2. The van der Waals surface area contributed by atoms with Gasteiger partial charge in [-0.1, -0.05) is 6.92 Å². The van der Waals surface area contributed by atoms with Crippen molar-refractivity contribution in [3.63, 3.8) is 0 Å². The summed E-state index contributed by atoms with van der Waals surface area (Å²) in [7, 11) is 0. The Bertz CT molecular complexity index is 485. The molecule has 0 unspecified atom stereocenters. The van der Waals surface area contributed by atoms with Crippen LogP contribution in [0.25, 0.3) is 10.1 Å². The standard InChI is InChI=1S/C11H10O2S/c1-2-10-9(6-12)8-4-3-7(13)5-11(8)14-10/h3-6,13H,2H2,1H3. The first kappa shape index (κ1) is 9.21. The Morgan fingerprint density at radius 1 is 1.50 bits per heavy atom. The van der Waals surface area contributed by atoms with Crippen LogP contribution < -0.4 is 0 Å². The maximum Gasteiger partial charge on any atom is 0.151 e. The van der Waals surface area contributed by atoms with E-state index in [1.165, 1.54) is 0 Å². The minimum Gasteiger partial charge on any atom is -0.508 e. The van der Waals surface area contributed by atoms with Gasteiger partial charge in [0.2, 0.25) is 0 Å². The van der Waals surface area contributed by atoms with Crippen molar-refractivity contribution in [2.45, 2.75) is 13.3 Å². The van der Waals surface area contributed by atoms with Crippen LogP contribution in [0.3, 0.4) is 0 Å². The third-order valence-corrected chi connectivity index (χ3v) is 3.54. The summed E-state index contributed by atoms with van der Waals surface area (Å²) >= 11 is 1.57. The van der Waals surface area contributed by atoms with Gasteiger partial charge in [-0.15, -0.1) is 11.3 Å². The highest BCUT2D eigenvalue weighted by molar-refractivity contribution is 7.19.